The molecule has 3 aliphatic rings. The van der Waals surface area contributed by atoms with E-state index in [4.69, 9.17) is 9.15 Å². The van der Waals surface area contributed by atoms with Gasteiger partial charge in [0.25, 0.3) is 0 Å². The summed E-state index contributed by atoms with van der Waals surface area (Å²) in [6.07, 6.45) is 3.87. The minimum atomic E-state index is -0.381. The highest BCUT2D eigenvalue weighted by molar-refractivity contribution is 6.00. The Balaban J connectivity index is 1.99. The van der Waals surface area contributed by atoms with Crippen LogP contribution in [0, 0.1) is 24.2 Å². The molecule has 1 aromatic rings. The van der Waals surface area contributed by atoms with Crippen molar-refractivity contribution in [2.75, 3.05) is 0 Å². The maximum absolute atomic E-state index is 12.6. The molecule has 4 unspecified atom stereocenters. The fourth-order valence-corrected chi connectivity index (χ4v) is 4.37. The third-order valence-electron chi connectivity index (χ3n) is 5.40. The highest BCUT2D eigenvalue weighted by Crippen LogP contribution is 2.63. The number of aryl methyl sites for hydroxylation is 1. The second kappa shape index (κ2) is 3.30. The first-order chi connectivity index (χ1) is 9.05. The molecule has 4 heteroatoms. The molecule has 1 saturated carbocycles. The lowest BCUT2D eigenvalue weighted by Gasteiger charge is -2.45. The molecule has 0 N–H and O–H groups in total. The number of ketones is 1. The molecule has 0 aromatic carbocycles. The molecular formula is C15H16O4. The van der Waals surface area contributed by atoms with Crippen molar-refractivity contribution in [2.24, 2.45) is 17.3 Å². The molecule has 0 amide bonds. The Morgan fingerprint density at radius 1 is 1.26 bits per heavy atom. The van der Waals surface area contributed by atoms with Crippen molar-refractivity contribution < 1.29 is 18.7 Å². The van der Waals surface area contributed by atoms with Crippen LogP contribution in [0.5, 0.6) is 0 Å². The van der Waals surface area contributed by atoms with E-state index in [0.29, 0.717) is 5.76 Å². The Hall–Kier alpha value is -1.58. The largest absolute Gasteiger partial charge is 0.461 e. The van der Waals surface area contributed by atoms with Crippen molar-refractivity contribution in [3.63, 3.8) is 0 Å². The van der Waals surface area contributed by atoms with Gasteiger partial charge in [0.2, 0.25) is 5.78 Å². The number of fused-ring (bicyclic) bond motifs is 2. The van der Waals surface area contributed by atoms with Gasteiger partial charge in [0.15, 0.2) is 5.76 Å². The first-order valence-corrected chi connectivity index (χ1v) is 6.88. The third kappa shape index (κ3) is 1.11. The topological polar surface area (TPSA) is 56.5 Å². The highest BCUT2D eigenvalue weighted by Gasteiger charge is 2.65. The van der Waals surface area contributed by atoms with Gasteiger partial charge in [-0.25, -0.2) is 0 Å². The molecule has 4 rings (SSSR count). The third-order valence-corrected chi connectivity index (χ3v) is 5.40. The molecule has 2 heterocycles. The number of rotatable bonds is 0. The lowest BCUT2D eigenvalue weighted by Crippen LogP contribution is -2.47. The number of esters is 1. The van der Waals surface area contributed by atoms with Crippen LogP contribution in [0.2, 0.25) is 0 Å². The number of Topliss-reactive ketones (excluding diaryl/α,β-unsaturated/α-hetero) is 1. The lowest BCUT2D eigenvalue weighted by molar-refractivity contribution is -0.144. The summed E-state index contributed by atoms with van der Waals surface area (Å²) in [4.78, 5) is 24.8. The van der Waals surface area contributed by atoms with Crippen molar-refractivity contribution in [2.45, 2.75) is 39.2 Å². The van der Waals surface area contributed by atoms with E-state index in [9.17, 15) is 9.59 Å². The van der Waals surface area contributed by atoms with Crippen LogP contribution in [0.3, 0.4) is 0 Å². The number of carbonyl (C=O) groups excluding carboxylic acids is 2. The monoisotopic (exact) mass is 260 g/mol. The Labute approximate surface area is 111 Å². The van der Waals surface area contributed by atoms with E-state index in [1.807, 2.05) is 13.8 Å². The molecule has 1 aromatic heterocycles. The van der Waals surface area contributed by atoms with Crippen molar-refractivity contribution in [1.29, 1.82) is 0 Å². The van der Waals surface area contributed by atoms with Crippen molar-refractivity contribution in [3.05, 3.63) is 23.2 Å². The number of carbonyl (C=O) groups is 2. The molecular weight excluding hydrogens is 244 g/mol. The van der Waals surface area contributed by atoms with Gasteiger partial charge in [0, 0.05) is 16.9 Å². The molecule has 0 spiro atoms. The molecule has 0 bridgehead atoms. The van der Waals surface area contributed by atoms with Gasteiger partial charge in [0.1, 0.15) is 6.10 Å². The second-order valence-electron chi connectivity index (χ2n) is 6.24. The van der Waals surface area contributed by atoms with Gasteiger partial charge in [-0.2, -0.15) is 0 Å². The molecule has 4 nitrogen and oxygen atoms in total. The molecule has 2 fully saturated rings. The summed E-state index contributed by atoms with van der Waals surface area (Å²) < 4.78 is 11.1. The average Bonchev–Trinajstić information content (AvgIpc) is 2.86. The van der Waals surface area contributed by atoms with E-state index in [1.54, 1.807) is 6.26 Å². The predicted octanol–water partition coefficient (Wildman–Crippen LogP) is 2.80. The van der Waals surface area contributed by atoms with Crippen LogP contribution in [0.15, 0.2) is 10.7 Å². The van der Waals surface area contributed by atoms with Crippen molar-refractivity contribution >= 4 is 11.8 Å². The summed E-state index contributed by atoms with van der Waals surface area (Å²) in [5.41, 5.74) is 1.34. The van der Waals surface area contributed by atoms with Crippen molar-refractivity contribution in [1.82, 2.24) is 0 Å². The maximum atomic E-state index is 12.6. The summed E-state index contributed by atoms with van der Waals surface area (Å²) in [7, 11) is 0. The lowest BCUT2D eigenvalue weighted by atomic mass is 9.55. The highest BCUT2D eigenvalue weighted by atomic mass is 16.6. The Morgan fingerprint density at radius 2 is 2.00 bits per heavy atom. The van der Waals surface area contributed by atoms with Crippen LogP contribution in [-0.4, -0.2) is 11.8 Å². The number of furan rings is 1. The maximum Gasteiger partial charge on any atom is 0.310 e. The first-order valence-electron chi connectivity index (χ1n) is 6.88. The summed E-state index contributed by atoms with van der Waals surface area (Å²) in [6.45, 7) is 3.95. The first kappa shape index (κ1) is 11.3. The standard InChI is InChI=1S/C15H16O4/c1-7-6-18-12-10(7)13-15(2)8(11(12)16)4-3-5-9(15)14(17)19-13/h6,8-9,13H,3-5H2,1-2H3. The fraction of sp³-hybridized carbons (Fsp3) is 0.600. The van der Waals surface area contributed by atoms with Crippen LogP contribution >= 0.6 is 0 Å². The minimum Gasteiger partial charge on any atom is -0.461 e. The predicted molar refractivity (Wildman–Crippen MR) is 65.5 cm³/mol. The zero-order chi connectivity index (χ0) is 13.4. The Morgan fingerprint density at radius 3 is 2.79 bits per heavy atom. The van der Waals surface area contributed by atoms with Gasteiger partial charge in [-0.3, -0.25) is 9.59 Å². The van der Waals surface area contributed by atoms with E-state index in [2.05, 4.69) is 0 Å². The van der Waals surface area contributed by atoms with Crippen LogP contribution in [0.25, 0.3) is 0 Å². The number of hydrogen-bond donors (Lipinski definition) is 0. The summed E-state index contributed by atoms with van der Waals surface area (Å²) in [5.74, 6) is 0.0621. The van der Waals surface area contributed by atoms with Gasteiger partial charge in [-0.05, 0) is 25.3 Å². The van der Waals surface area contributed by atoms with Gasteiger partial charge in [-0.15, -0.1) is 0 Å². The molecule has 4 atom stereocenters. The van der Waals surface area contributed by atoms with Gasteiger partial charge in [0.05, 0.1) is 12.2 Å². The van der Waals surface area contributed by atoms with Crippen LogP contribution in [0.1, 0.15) is 54.0 Å². The van der Waals surface area contributed by atoms with E-state index in [1.165, 1.54) is 0 Å². The smallest absolute Gasteiger partial charge is 0.310 e. The van der Waals surface area contributed by atoms with Crippen LogP contribution < -0.4 is 0 Å². The SMILES string of the molecule is Cc1coc2c1C1OC(=O)C3CCCC(C2=O)C31C. The molecule has 2 aliphatic carbocycles. The molecule has 0 radical (unpaired) electrons. The molecule has 100 valence electrons. The normalized spacial score (nSPS) is 39.8. The van der Waals surface area contributed by atoms with E-state index >= 15 is 0 Å². The van der Waals surface area contributed by atoms with Gasteiger partial charge < -0.3 is 9.15 Å². The summed E-state index contributed by atoms with van der Waals surface area (Å²) in [6, 6.07) is 0. The fourth-order valence-electron chi connectivity index (χ4n) is 4.37. The Kier molecular flexibility index (Phi) is 1.95. The Bertz CT molecular complexity index is 599. The molecule has 19 heavy (non-hydrogen) atoms. The van der Waals surface area contributed by atoms with E-state index in [0.717, 1.165) is 30.4 Å². The zero-order valence-corrected chi connectivity index (χ0v) is 11.1. The molecule has 1 saturated heterocycles. The average molecular weight is 260 g/mol. The van der Waals surface area contributed by atoms with Crippen LogP contribution in [0.4, 0.5) is 0 Å². The van der Waals surface area contributed by atoms with E-state index < -0.39 is 0 Å². The quantitative estimate of drug-likeness (QED) is 0.673. The van der Waals surface area contributed by atoms with Gasteiger partial charge >= 0.3 is 5.97 Å². The van der Waals surface area contributed by atoms with Crippen molar-refractivity contribution in [3.8, 4) is 0 Å². The van der Waals surface area contributed by atoms with Crippen LogP contribution in [-0.2, 0) is 9.53 Å². The molecule has 1 aliphatic heterocycles. The van der Waals surface area contributed by atoms with E-state index in [-0.39, 0.29) is 35.1 Å². The van der Waals surface area contributed by atoms with Gasteiger partial charge in [-0.1, -0.05) is 13.3 Å². The second-order valence-corrected chi connectivity index (χ2v) is 6.24. The number of hydrogen-bond acceptors (Lipinski definition) is 4. The summed E-state index contributed by atoms with van der Waals surface area (Å²) in [5, 5.41) is 0. The minimum absolute atomic E-state index is 0.0600. The summed E-state index contributed by atoms with van der Waals surface area (Å²) >= 11 is 0. The number of ether oxygens (including phenoxy) is 1. The zero-order valence-electron chi connectivity index (χ0n) is 11.1.